The van der Waals surface area contributed by atoms with Gasteiger partial charge in [0.2, 0.25) is 5.95 Å². The summed E-state index contributed by atoms with van der Waals surface area (Å²) in [5.74, 6) is -1.32. The predicted molar refractivity (Wildman–Crippen MR) is 133 cm³/mol. The van der Waals surface area contributed by atoms with Gasteiger partial charge in [-0.3, -0.25) is 14.7 Å². The fourth-order valence-corrected chi connectivity index (χ4v) is 4.25. The van der Waals surface area contributed by atoms with E-state index in [1.165, 1.54) is 31.4 Å². The molecule has 0 atom stereocenters. The van der Waals surface area contributed by atoms with Crippen LogP contribution in [0.15, 0.2) is 66.9 Å². The van der Waals surface area contributed by atoms with E-state index in [-0.39, 0.29) is 16.5 Å². The number of benzene rings is 3. The largest absolute Gasteiger partial charge is 0.495 e. The number of anilines is 1. The third-order valence-electron chi connectivity index (χ3n) is 5.77. The monoisotopic (exact) mass is 515 g/mol. The highest BCUT2D eigenvalue weighted by Crippen LogP contribution is 2.38. The zero-order chi connectivity index (χ0) is 25.3. The van der Waals surface area contributed by atoms with Gasteiger partial charge in [-0.05, 0) is 54.1 Å². The highest BCUT2D eigenvalue weighted by molar-refractivity contribution is 6.34. The molecule has 1 amide bonds. The summed E-state index contributed by atoms with van der Waals surface area (Å²) in [6.07, 6.45) is 1.60. The maximum absolute atomic E-state index is 14.4. The lowest BCUT2D eigenvalue weighted by Crippen LogP contribution is -2.24. The molecule has 0 unspecified atom stereocenters. The van der Waals surface area contributed by atoms with Gasteiger partial charge in [0.05, 0.1) is 34.6 Å². The number of ether oxygens (including phenoxy) is 1. The van der Waals surface area contributed by atoms with Crippen LogP contribution in [0.4, 0.5) is 14.7 Å². The second kappa shape index (κ2) is 9.68. The van der Waals surface area contributed by atoms with E-state index in [0.717, 1.165) is 11.6 Å². The average Bonchev–Trinajstić information content (AvgIpc) is 3.24. The van der Waals surface area contributed by atoms with Crippen molar-refractivity contribution >= 4 is 35.1 Å². The maximum Gasteiger partial charge on any atom is 0.262 e. The second-order valence-electron chi connectivity index (χ2n) is 8.30. The Morgan fingerprint density at radius 1 is 1.03 bits per heavy atom. The van der Waals surface area contributed by atoms with Crippen LogP contribution in [0.25, 0.3) is 5.69 Å². The van der Waals surface area contributed by atoms with E-state index in [1.807, 2.05) is 26.0 Å². The molecule has 3 aromatic carbocycles. The zero-order valence-corrected chi connectivity index (χ0v) is 20.6. The van der Waals surface area contributed by atoms with Gasteiger partial charge in [0.15, 0.2) is 0 Å². The summed E-state index contributed by atoms with van der Waals surface area (Å²) in [7, 11) is 1.53. The van der Waals surface area contributed by atoms with E-state index >= 15 is 0 Å². The van der Waals surface area contributed by atoms with Crippen molar-refractivity contribution in [2.75, 3.05) is 12.4 Å². The van der Waals surface area contributed by atoms with Crippen LogP contribution in [0.5, 0.6) is 5.75 Å². The van der Waals surface area contributed by atoms with Gasteiger partial charge < -0.3 is 4.74 Å². The maximum atomic E-state index is 14.4. The van der Waals surface area contributed by atoms with Gasteiger partial charge in [-0.15, -0.1) is 0 Å². The van der Waals surface area contributed by atoms with Crippen LogP contribution in [0.1, 0.15) is 35.5 Å². The fourth-order valence-electron chi connectivity index (χ4n) is 3.81. The van der Waals surface area contributed by atoms with Gasteiger partial charge in [0, 0.05) is 11.1 Å². The Bertz CT molecular complexity index is 1380. The lowest BCUT2D eigenvalue weighted by atomic mass is 9.81. The number of carbonyl (C=O) groups excluding carboxylic acids is 1. The van der Waals surface area contributed by atoms with Gasteiger partial charge in [-0.1, -0.05) is 49.2 Å². The summed E-state index contributed by atoms with van der Waals surface area (Å²) in [4.78, 5) is 17.4. The van der Waals surface area contributed by atoms with Crippen molar-refractivity contribution in [1.82, 2.24) is 9.55 Å². The Hall–Kier alpha value is -3.42. The number of imidazole rings is 1. The van der Waals surface area contributed by atoms with Crippen LogP contribution >= 0.6 is 23.2 Å². The number of nitrogens with zero attached hydrogens (tertiary/aromatic N) is 2. The number of rotatable bonds is 6. The van der Waals surface area contributed by atoms with Crippen LogP contribution in [0.2, 0.25) is 10.0 Å². The number of amides is 1. The first-order valence-corrected chi connectivity index (χ1v) is 11.3. The topological polar surface area (TPSA) is 56.1 Å². The quantitative estimate of drug-likeness (QED) is 0.299. The standard InChI is InChI=1S/C26H21Cl2F2N3O2/c1-26(2,15-7-12-18(27)21(13-15)35-3)22-14-31-25(33(22)17-10-8-16(29)9-11-17)32-24(34)23-19(28)5-4-6-20(23)30/h4-14H,1-3H3,(H,31,32,34). The summed E-state index contributed by atoms with van der Waals surface area (Å²) in [6.45, 7) is 3.93. The van der Waals surface area contributed by atoms with E-state index in [9.17, 15) is 13.6 Å². The molecular weight excluding hydrogens is 495 g/mol. The molecule has 1 N–H and O–H groups in total. The van der Waals surface area contributed by atoms with E-state index in [1.54, 1.807) is 29.0 Å². The van der Waals surface area contributed by atoms with Crippen LogP contribution in [-0.4, -0.2) is 22.6 Å². The predicted octanol–water partition coefficient (Wildman–Crippen LogP) is 7.04. The summed E-state index contributed by atoms with van der Waals surface area (Å²) in [5, 5.41) is 3.08. The molecule has 0 fully saturated rings. The van der Waals surface area contributed by atoms with Gasteiger partial charge in [0.1, 0.15) is 17.4 Å². The van der Waals surface area contributed by atoms with E-state index < -0.39 is 23.0 Å². The Morgan fingerprint density at radius 2 is 1.74 bits per heavy atom. The van der Waals surface area contributed by atoms with Crippen molar-refractivity contribution in [2.24, 2.45) is 0 Å². The Labute approximate surface area is 211 Å². The van der Waals surface area contributed by atoms with E-state index in [4.69, 9.17) is 27.9 Å². The first kappa shape index (κ1) is 24.7. The third-order valence-corrected chi connectivity index (χ3v) is 6.40. The minimum absolute atomic E-state index is 0.0313. The summed E-state index contributed by atoms with van der Waals surface area (Å²) >= 11 is 12.3. The van der Waals surface area contributed by atoms with Crippen LogP contribution < -0.4 is 10.1 Å². The molecule has 4 rings (SSSR count). The molecule has 0 aliphatic rings. The number of aromatic nitrogens is 2. The molecule has 0 radical (unpaired) electrons. The molecule has 0 aliphatic carbocycles. The Balaban J connectivity index is 1.85. The third kappa shape index (κ3) is 4.74. The fraction of sp³-hybridized carbons (Fsp3) is 0.154. The van der Waals surface area contributed by atoms with Gasteiger partial charge in [-0.2, -0.15) is 0 Å². The van der Waals surface area contributed by atoms with Crippen molar-refractivity contribution in [3.63, 3.8) is 0 Å². The van der Waals surface area contributed by atoms with Crippen LogP contribution in [0.3, 0.4) is 0 Å². The number of carbonyl (C=O) groups is 1. The highest BCUT2D eigenvalue weighted by Gasteiger charge is 2.31. The number of methoxy groups -OCH3 is 1. The normalized spacial score (nSPS) is 11.4. The first-order chi connectivity index (χ1) is 16.6. The summed E-state index contributed by atoms with van der Waals surface area (Å²) in [6, 6.07) is 15.1. The number of hydrogen-bond acceptors (Lipinski definition) is 3. The molecular formula is C26H21Cl2F2N3O2. The molecule has 0 saturated heterocycles. The molecule has 0 bridgehead atoms. The molecule has 1 heterocycles. The Morgan fingerprint density at radius 3 is 2.40 bits per heavy atom. The average molecular weight is 516 g/mol. The molecule has 0 spiro atoms. The van der Waals surface area contributed by atoms with Crippen molar-refractivity contribution in [2.45, 2.75) is 19.3 Å². The molecule has 0 aliphatic heterocycles. The molecule has 4 aromatic rings. The molecule has 1 aromatic heterocycles. The van der Waals surface area contributed by atoms with E-state index in [0.29, 0.717) is 22.2 Å². The van der Waals surface area contributed by atoms with E-state index in [2.05, 4.69) is 10.3 Å². The summed E-state index contributed by atoms with van der Waals surface area (Å²) < 4.78 is 35.1. The Kier molecular flexibility index (Phi) is 6.83. The minimum atomic E-state index is -0.764. The van der Waals surface area contributed by atoms with Crippen molar-refractivity contribution < 1.29 is 18.3 Å². The number of hydrogen-bond donors (Lipinski definition) is 1. The summed E-state index contributed by atoms with van der Waals surface area (Å²) in [5.41, 5.74) is 1.10. The van der Waals surface area contributed by atoms with Crippen LogP contribution in [-0.2, 0) is 5.41 Å². The lowest BCUT2D eigenvalue weighted by Gasteiger charge is -2.28. The molecule has 180 valence electrons. The molecule has 0 saturated carbocycles. The van der Waals surface area contributed by atoms with Gasteiger partial charge >= 0.3 is 0 Å². The number of nitrogens with one attached hydrogen (secondary N) is 1. The molecule has 9 heteroatoms. The van der Waals surface area contributed by atoms with Crippen molar-refractivity contribution in [3.8, 4) is 11.4 Å². The van der Waals surface area contributed by atoms with Gasteiger partial charge in [0.25, 0.3) is 5.91 Å². The zero-order valence-electron chi connectivity index (χ0n) is 19.1. The second-order valence-corrected chi connectivity index (χ2v) is 9.12. The van der Waals surface area contributed by atoms with Crippen molar-refractivity contribution in [3.05, 3.63) is 105 Å². The van der Waals surface area contributed by atoms with Crippen molar-refractivity contribution in [1.29, 1.82) is 0 Å². The smallest absolute Gasteiger partial charge is 0.262 e. The highest BCUT2D eigenvalue weighted by atomic mass is 35.5. The minimum Gasteiger partial charge on any atom is -0.495 e. The number of halogens is 4. The van der Waals surface area contributed by atoms with Crippen LogP contribution in [0, 0.1) is 11.6 Å². The van der Waals surface area contributed by atoms with Gasteiger partial charge in [-0.25, -0.2) is 13.8 Å². The first-order valence-electron chi connectivity index (χ1n) is 10.6. The SMILES string of the molecule is COc1cc(C(C)(C)c2cnc(NC(=O)c3c(F)cccc3Cl)n2-c2ccc(F)cc2)ccc1Cl. The molecule has 35 heavy (non-hydrogen) atoms. The molecule has 5 nitrogen and oxygen atoms in total. The lowest BCUT2D eigenvalue weighted by molar-refractivity contribution is 0.102.